The lowest BCUT2D eigenvalue weighted by Gasteiger charge is -2.20. The Labute approximate surface area is 97.3 Å². The van der Waals surface area contributed by atoms with Crippen molar-refractivity contribution in [2.24, 2.45) is 0 Å². The van der Waals surface area contributed by atoms with Crippen molar-refractivity contribution in [3.05, 3.63) is 23.9 Å². The zero-order chi connectivity index (χ0) is 9.80. The Hall–Kier alpha value is -0.800. The minimum atomic E-state index is 0. The van der Waals surface area contributed by atoms with Crippen molar-refractivity contribution in [3.8, 4) is 0 Å². The van der Waals surface area contributed by atoms with Crippen molar-refractivity contribution in [2.45, 2.75) is 13.3 Å². The lowest BCUT2D eigenvalue weighted by molar-refractivity contribution is 0.724. The van der Waals surface area contributed by atoms with Crippen molar-refractivity contribution in [1.82, 2.24) is 10.3 Å². The number of hydrogen-bond acceptors (Lipinski definition) is 3. The molecule has 1 saturated heterocycles. The standard InChI is InChI=1S/C11H17N3.ClH/c1-10-3-4-11(13-9-10)14-7-2-5-12-6-8-14;/h3-4,9,12H,2,5-8H2,1H3;1H. The highest BCUT2D eigenvalue weighted by Crippen LogP contribution is 2.11. The Morgan fingerprint density at radius 2 is 2.13 bits per heavy atom. The highest BCUT2D eigenvalue weighted by molar-refractivity contribution is 5.85. The molecule has 1 aliphatic heterocycles. The lowest BCUT2D eigenvalue weighted by Crippen LogP contribution is -2.28. The molecule has 1 aliphatic rings. The van der Waals surface area contributed by atoms with Crippen LogP contribution in [-0.4, -0.2) is 31.2 Å². The monoisotopic (exact) mass is 227 g/mol. The zero-order valence-corrected chi connectivity index (χ0v) is 9.89. The van der Waals surface area contributed by atoms with Crippen molar-refractivity contribution in [2.75, 3.05) is 31.1 Å². The summed E-state index contributed by atoms with van der Waals surface area (Å²) in [6.07, 6.45) is 3.14. The maximum absolute atomic E-state index is 4.44. The van der Waals surface area contributed by atoms with Gasteiger partial charge in [0, 0.05) is 25.8 Å². The van der Waals surface area contributed by atoms with Crippen LogP contribution in [0.3, 0.4) is 0 Å². The minimum absolute atomic E-state index is 0. The first kappa shape index (κ1) is 12.3. The molecule has 0 spiro atoms. The minimum Gasteiger partial charge on any atom is -0.355 e. The summed E-state index contributed by atoms with van der Waals surface area (Å²) in [5.41, 5.74) is 1.22. The van der Waals surface area contributed by atoms with Gasteiger partial charge in [-0.25, -0.2) is 4.98 Å². The summed E-state index contributed by atoms with van der Waals surface area (Å²) < 4.78 is 0. The number of pyridine rings is 1. The van der Waals surface area contributed by atoms with Gasteiger partial charge in [0.2, 0.25) is 0 Å². The predicted molar refractivity (Wildman–Crippen MR) is 65.9 cm³/mol. The number of anilines is 1. The first-order chi connectivity index (χ1) is 6.86. The van der Waals surface area contributed by atoms with Crippen molar-refractivity contribution in [3.63, 3.8) is 0 Å². The molecule has 1 aromatic heterocycles. The molecule has 0 aromatic carbocycles. The van der Waals surface area contributed by atoms with Gasteiger partial charge in [-0.3, -0.25) is 0 Å². The second-order valence-corrected chi connectivity index (χ2v) is 3.78. The molecule has 0 unspecified atom stereocenters. The maximum atomic E-state index is 4.44. The summed E-state index contributed by atoms with van der Waals surface area (Å²) in [4.78, 5) is 6.79. The second-order valence-electron chi connectivity index (χ2n) is 3.78. The first-order valence-corrected chi connectivity index (χ1v) is 5.24. The summed E-state index contributed by atoms with van der Waals surface area (Å²) in [6, 6.07) is 4.24. The van der Waals surface area contributed by atoms with Crippen LogP contribution >= 0.6 is 12.4 Å². The lowest BCUT2D eigenvalue weighted by atomic mass is 10.3. The maximum Gasteiger partial charge on any atom is 0.128 e. The van der Waals surface area contributed by atoms with Gasteiger partial charge in [-0.1, -0.05) is 6.07 Å². The average Bonchev–Trinajstić information content (AvgIpc) is 2.47. The Morgan fingerprint density at radius 1 is 1.27 bits per heavy atom. The Bertz CT molecular complexity index is 278. The average molecular weight is 228 g/mol. The van der Waals surface area contributed by atoms with Gasteiger partial charge in [0.1, 0.15) is 5.82 Å². The molecule has 0 aliphatic carbocycles. The normalized spacial score (nSPS) is 16.7. The molecule has 3 nitrogen and oxygen atoms in total. The molecular weight excluding hydrogens is 210 g/mol. The molecule has 0 saturated carbocycles. The van der Waals surface area contributed by atoms with Gasteiger partial charge in [-0.2, -0.15) is 0 Å². The molecule has 2 rings (SSSR count). The summed E-state index contributed by atoms with van der Waals surface area (Å²) in [5, 5.41) is 3.39. The molecule has 0 radical (unpaired) electrons. The van der Waals surface area contributed by atoms with Crippen molar-refractivity contribution < 1.29 is 0 Å². The van der Waals surface area contributed by atoms with Gasteiger partial charge in [0.15, 0.2) is 0 Å². The van der Waals surface area contributed by atoms with E-state index in [2.05, 4.69) is 34.3 Å². The van der Waals surface area contributed by atoms with Crippen LogP contribution in [0.4, 0.5) is 5.82 Å². The number of aryl methyl sites for hydroxylation is 1. The molecule has 1 N–H and O–H groups in total. The number of nitrogens with one attached hydrogen (secondary N) is 1. The SMILES string of the molecule is Cc1ccc(N2CCCNCC2)nc1.Cl. The largest absolute Gasteiger partial charge is 0.355 e. The third-order valence-electron chi connectivity index (χ3n) is 2.56. The van der Waals surface area contributed by atoms with Gasteiger partial charge in [-0.15, -0.1) is 12.4 Å². The van der Waals surface area contributed by atoms with Crippen molar-refractivity contribution in [1.29, 1.82) is 0 Å². The number of aromatic nitrogens is 1. The molecule has 0 amide bonds. The summed E-state index contributed by atoms with van der Waals surface area (Å²) in [6.45, 7) is 6.44. The summed E-state index contributed by atoms with van der Waals surface area (Å²) in [7, 11) is 0. The van der Waals surface area contributed by atoms with Crippen LogP contribution in [0.2, 0.25) is 0 Å². The molecule has 2 heterocycles. The highest BCUT2D eigenvalue weighted by Gasteiger charge is 2.09. The Kier molecular flexibility index (Phi) is 4.85. The number of rotatable bonds is 1. The second kappa shape index (κ2) is 5.93. The van der Waals surface area contributed by atoms with E-state index in [0.29, 0.717) is 0 Å². The topological polar surface area (TPSA) is 28.2 Å². The van der Waals surface area contributed by atoms with Crippen molar-refractivity contribution >= 4 is 18.2 Å². The molecule has 1 aromatic rings. The smallest absolute Gasteiger partial charge is 0.128 e. The number of halogens is 1. The molecule has 84 valence electrons. The van der Waals surface area contributed by atoms with E-state index < -0.39 is 0 Å². The van der Waals surface area contributed by atoms with E-state index in [-0.39, 0.29) is 12.4 Å². The van der Waals surface area contributed by atoms with E-state index in [1.165, 1.54) is 12.0 Å². The van der Waals surface area contributed by atoms with Gasteiger partial charge in [0.25, 0.3) is 0 Å². The zero-order valence-electron chi connectivity index (χ0n) is 9.07. The quantitative estimate of drug-likeness (QED) is 0.790. The van der Waals surface area contributed by atoms with Gasteiger partial charge in [0.05, 0.1) is 0 Å². The van der Waals surface area contributed by atoms with E-state index in [1.807, 2.05) is 6.20 Å². The van der Waals surface area contributed by atoms with Crippen LogP contribution in [-0.2, 0) is 0 Å². The van der Waals surface area contributed by atoms with E-state index in [9.17, 15) is 0 Å². The third kappa shape index (κ3) is 3.36. The van der Waals surface area contributed by atoms with E-state index >= 15 is 0 Å². The molecule has 0 bridgehead atoms. The molecule has 1 fully saturated rings. The molecule has 4 heteroatoms. The molecular formula is C11H18ClN3. The van der Waals surface area contributed by atoms with Crippen LogP contribution in [0.1, 0.15) is 12.0 Å². The Balaban J connectivity index is 0.00000112. The fourth-order valence-electron chi connectivity index (χ4n) is 1.72. The molecule has 15 heavy (non-hydrogen) atoms. The van der Waals surface area contributed by atoms with Crippen LogP contribution < -0.4 is 10.2 Å². The number of nitrogens with zero attached hydrogens (tertiary/aromatic N) is 2. The van der Waals surface area contributed by atoms with Gasteiger partial charge < -0.3 is 10.2 Å². The predicted octanol–water partition coefficient (Wildman–Crippen LogP) is 1.61. The summed E-state index contributed by atoms with van der Waals surface area (Å²) in [5.74, 6) is 1.11. The molecule has 0 atom stereocenters. The fraction of sp³-hybridized carbons (Fsp3) is 0.545. The number of hydrogen-bond donors (Lipinski definition) is 1. The Morgan fingerprint density at radius 3 is 2.87 bits per heavy atom. The summed E-state index contributed by atoms with van der Waals surface area (Å²) >= 11 is 0. The third-order valence-corrected chi connectivity index (χ3v) is 2.56. The first-order valence-electron chi connectivity index (χ1n) is 5.24. The van der Waals surface area contributed by atoms with Gasteiger partial charge >= 0.3 is 0 Å². The van der Waals surface area contributed by atoms with Crippen LogP contribution in [0.15, 0.2) is 18.3 Å². The van der Waals surface area contributed by atoms with Crippen LogP contribution in [0, 0.1) is 6.92 Å². The fourth-order valence-corrected chi connectivity index (χ4v) is 1.72. The van der Waals surface area contributed by atoms with E-state index in [1.54, 1.807) is 0 Å². The van der Waals surface area contributed by atoms with Gasteiger partial charge in [-0.05, 0) is 31.5 Å². The van der Waals surface area contributed by atoms with E-state index in [4.69, 9.17) is 0 Å². The van der Waals surface area contributed by atoms with E-state index in [0.717, 1.165) is 32.0 Å². The highest BCUT2D eigenvalue weighted by atomic mass is 35.5. The van der Waals surface area contributed by atoms with Crippen LogP contribution in [0.25, 0.3) is 0 Å². The van der Waals surface area contributed by atoms with Crippen LogP contribution in [0.5, 0.6) is 0 Å².